The molecule has 47 heavy (non-hydrogen) atoms. The number of nitrogens with zero attached hydrogens (tertiary/aromatic N) is 3. The number of hydrogen-bond acceptors (Lipinski definition) is 5. The smallest absolute Gasteiger partial charge is 0.336 e. The maximum absolute atomic E-state index is 13.7. The Kier molecular flexibility index (Phi) is 11.4. The summed E-state index contributed by atoms with van der Waals surface area (Å²) in [5, 5.41) is 10.1. The molecule has 9 heteroatoms. The van der Waals surface area contributed by atoms with Crippen LogP contribution in [0, 0.1) is 0 Å². The van der Waals surface area contributed by atoms with Crippen LogP contribution < -0.4 is 11.2 Å². The number of aryl methyl sites for hydroxylation is 1. The normalized spacial score (nSPS) is 13.9. The number of benzene rings is 4. The van der Waals surface area contributed by atoms with E-state index in [1.165, 1.54) is 6.07 Å². The predicted octanol–water partition coefficient (Wildman–Crippen LogP) is 6.38. The van der Waals surface area contributed by atoms with Gasteiger partial charge in [0.15, 0.2) is 0 Å². The predicted molar refractivity (Wildman–Crippen MR) is 187 cm³/mol. The van der Waals surface area contributed by atoms with Crippen molar-refractivity contribution in [2.75, 3.05) is 19.6 Å². The number of carbonyl (C=O) groups is 1. The Morgan fingerprint density at radius 2 is 1.32 bits per heavy atom. The van der Waals surface area contributed by atoms with Gasteiger partial charge in [0, 0.05) is 19.6 Å². The van der Waals surface area contributed by atoms with Crippen LogP contribution in [-0.4, -0.2) is 50.8 Å². The molecular formula is C38H40ClN3O5. The highest BCUT2D eigenvalue weighted by Gasteiger charge is 2.25. The minimum absolute atomic E-state index is 0. The summed E-state index contributed by atoms with van der Waals surface area (Å²) in [5.41, 5.74) is 2.59. The van der Waals surface area contributed by atoms with Gasteiger partial charge in [-0.15, -0.1) is 12.4 Å². The van der Waals surface area contributed by atoms with Gasteiger partial charge in [-0.05, 0) is 67.1 Å². The highest BCUT2D eigenvalue weighted by atomic mass is 35.5. The number of carboxylic acids is 1. The first-order valence-corrected chi connectivity index (χ1v) is 16.0. The van der Waals surface area contributed by atoms with Crippen molar-refractivity contribution in [1.29, 1.82) is 0 Å². The zero-order valence-corrected chi connectivity index (χ0v) is 27.1. The fraction of sp³-hybridized carbons (Fsp3) is 0.289. The van der Waals surface area contributed by atoms with E-state index in [4.69, 9.17) is 4.74 Å². The molecule has 1 aliphatic heterocycles. The Bertz CT molecular complexity index is 1860. The molecule has 0 atom stereocenters. The van der Waals surface area contributed by atoms with E-state index in [0.29, 0.717) is 23.0 Å². The van der Waals surface area contributed by atoms with Crippen LogP contribution in [0.15, 0.2) is 119 Å². The monoisotopic (exact) mass is 653 g/mol. The fourth-order valence-corrected chi connectivity index (χ4v) is 6.44. The van der Waals surface area contributed by atoms with Crippen LogP contribution in [0.1, 0.15) is 58.8 Å². The molecule has 0 aliphatic carbocycles. The number of unbranched alkanes of at least 4 members (excludes halogenated alkanes) is 1. The summed E-state index contributed by atoms with van der Waals surface area (Å²) < 4.78 is 9.53. The van der Waals surface area contributed by atoms with Gasteiger partial charge in [-0.2, -0.15) is 0 Å². The molecule has 0 bridgehead atoms. The topological polar surface area (TPSA) is 93.8 Å². The highest BCUT2D eigenvalue weighted by molar-refractivity contribution is 5.89. The number of rotatable bonds is 12. The number of piperidine rings is 1. The van der Waals surface area contributed by atoms with E-state index in [0.717, 1.165) is 61.0 Å². The van der Waals surface area contributed by atoms with Gasteiger partial charge < -0.3 is 14.7 Å². The SMILES string of the molecule is Cl.O=C(O)c1ccccc1Cn1c(=O)c2ccccc2n(CCCCN2CCC(OC(c3ccccc3)c3ccccc3)CC2)c1=O. The first-order chi connectivity index (χ1) is 22.5. The van der Waals surface area contributed by atoms with Gasteiger partial charge in [0.05, 0.1) is 29.1 Å². The largest absolute Gasteiger partial charge is 0.478 e. The van der Waals surface area contributed by atoms with Crippen molar-refractivity contribution in [2.45, 2.75) is 51.0 Å². The number of hydrogen-bond donors (Lipinski definition) is 1. The van der Waals surface area contributed by atoms with Gasteiger partial charge in [0.2, 0.25) is 0 Å². The van der Waals surface area contributed by atoms with Crippen LogP contribution in [0.5, 0.6) is 0 Å². The van der Waals surface area contributed by atoms with Crippen molar-refractivity contribution in [3.8, 4) is 0 Å². The summed E-state index contributed by atoms with van der Waals surface area (Å²) in [6.07, 6.45) is 3.69. The Balaban J connectivity index is 0.00000433. The number of para-hydroxylation sites is 1. The lowest BCUT2D eigenvalue weighted by atomic mass is 10.00. The maximum Gasteiger partial charge on any atom is 0.336 e. The molecular weight excluding hydrogens is 614 g/mol. The van der Waals surface area contributed by atoms with Gasteiger partial charge >= 0.3 is 11.7 Å². The van der Waals surface area contributed by atoms with Gasteiger partial charge in [-0.1, -0.05) is 91.0 Å². The summed E-state index contributed by atoms with van der Waals surface area (Å²) in [5.74, 6) is -1.09. The number of aromatic carboxylic acids is 1. The number of carboxylic acid groups (broad SMARTS) is 1. The Morgan fingerprint density at radius 3 is 1.98 bits per heavy atom. The third-order valence-corrected chi connectivity index (χ3v) is 8.88. The van der Waals surface area contributed by atoms with Gasteiger partial charge in [0.1, 0.15) is 6.10 Å². The summed E-state index contributed by atoms with van der Waals surface area (Å²) in [6.45, 7) is 3.20. The summed E-state index contributed by atoms with van der Waals surface area (Å²) in [7, 11) is 0. The van der Waals surface area contributed by atoms with E-state index < -0.39 is 17.2 Å². The van der Waals surface area contributed by atoms with Crippen LogP contribution >= 0.6 is 12.4 Å². The van der Waals surface area contributed by atoms with E-state index in [2.05, 4.69) is 53.4 Å². The molecule has 0 amide bonds. The number of fused-ring (bicyclic) bond motifs is 1. The molecule has 4 aromatic carbocycles. The Labute approximate surface area is 280 Å². The summed E-state index contributed by atoms with van der Waals surface area (Å²) >= 11 is 0. The molecule has 2 heterocycles. The molecule has 6 rings (SSSR count). The third kappa shape index (κ3) is 7.91. The molecule has 1 aliphatic rings. The first kappa shape index (κ1) is 33.9. The average Bonchev–Trinajstić information content (AvgIpc) is 3.10. The van der Waals surface area contributed by atoms with Crippen molar-refractivity contribution in [1.82, 2.24) is 14.0 Å². The zero-order valence-electron chi connectivity index (χ0n) is 26.2. The lowest BCUT2D eigenvalue weighted by Crippen LogP contribution is -2.41. The molecule has 8 nitrogen and oxygen atoms in total. The van der Waals surface area contributed by atoms with Crippen molar-refractivity contribution >= 4 is 29.3 Å². The van der Waals surface area contributed by atoms with Gasteiger partial charge in [-0.25, -0.2) is 9.59 Å². The van der Waals surface area contributed by atoms with Crippen LogP contribution in [0.3, 0.4) is 0 Å². The zero-order chi connectivity index (χ0) is 31.9. The second-order valence-electron chi connectivity index (χ2n) is 11.9. The standard InChI is InChI=1S/C38H39N3O5.ClH/c42-36-33-19-9-10-20-34(33)40(38(45)41(36)27-30-17-7-8-18-32(30)37(43)44)24-12-11-23-39-25-21-31(22-26-39)46-35(28-13-3-1-4-14-28)29-15-5-2-6-16-29;/h1-10,13-20,31,35H,11-12,21-27H2,(H,43,44);1H. The van der Waals surface area contributed by atoms with Crippen LogP contribution in [0.25, 0.3) is 10.9 Å². The molecule has 5 aromatic rings. The maximum atomic E-state index is 13.7. The average molecular weight is 654 g/mol. The lowest BCUT2D eigenvalue weighted by molar-refractivity contribution is -0.0271. The number of ether oxygens (including phenoxy) is 1. The van der Waals surface area contributed by atoms with E-state index in [1.807, 2.05) is 18.2 Å². The van der Waals surface area contributed by atoms with Crippen molar-refractivity contribution in [3.05, 3.63) is 152 Å². The summed E-state index contributed by atoms with van der Waals surface area (Å²) in [6, 6.07) is 34.4. The minimum Gasteiger partial charge on any atom is -0.478 e. The highest BCUT2D eigenvalue weighted by Crippen LogP contribution is 2.30. The molecule has 1 saturated heterocycles. The van der Waals surface area contributed by atoms with Crippen molar-refractivity contribution in [3.63, 3.8) is 0 Å². The fourth-order valence-electron chi connectivity index (χ4n) is 6.44. The molecule has 1 fully saturated rings. The molecule has 0 unspecified atom stereocenters. The van der Waals surface area contributed by atoms with Crippen LogP contribution in [0.2, 0.25) is 0 Å². The quantitative estimate of drug-likeness (QED) is 0.157. The molecule has 0 radical (unpaired) electrons. The first-order valence-electron chi connectivity index (χ1n) is 16.0. The molecule has 0 spiro atoms. The lowest BCUT2D eigenvalue weighted by Gasteiger charge is -2.34. The number of aromatic nitrogens is 2. The van der Waals surface area contributed by atoms with Gasteiger partial charge in [-0.3, -0.25) is 13.9 Å². The van der Waals surface area contributed by atoms with E-state index >= 15 is 0 Å². The molecule has 244 valence electrons. The Morgan fingerprint density at radius 1 is 0.745 bits per heavy atom. The Hall–Kier alpha value is -4.50. The van der Waals surface area contributed by atoms with Gasteiger partial charge in [0.25, 0.3) is 5.56 Å². The summed E-state index contributed by atoms with van der Waals surface area (Å²) in [4.78, 5) is 41.3. The van der Waals surface area contributed by atoms with E-state index in [-0.39, 0.29) is 36.7 Å². The van der Waals surface area contributed by atoms with Crippen LogP contribution in [0.4, 0.5) is 0 Å². The van der Waals surface area contributed by atoms with Crippen molar-refractivity contribution in [2.24, 2.45) is 0 Å². The second-order valence-corrected chi connectivity index (χ2v) is 11.9. The number of halogens is 1. The molecule has 1 aromatic heterocycles. The third-order valence-electron chi connectivity index (χ3n) is 8.88. The van der Waals surface area contributed by atoms with Crippen LogP contribution in [-0.2, 0) is 17.8 Å². The molecule has 1 N–H and O–H groups in total. The van der Waals surface area contributed by atoms with E-state index in [1.54, 1.807) is 41.0 Å². The number of likely N-dealkylation sites (tertiary alicyclic amines) is 1. The minimum atomic E-state index is -1.09. The van der Waals surface area contributed by atoms with E-state index in [9.17, 15) is 19.5 Å². The van der Waals surface area contributed by atoms with Crippen molar-refractivity contribution < 1.29 is 14.6 Å². The second kappa shape index (κ2) is 15.9. The molecule has 0 saturated carbocycles.